The minimum Gasteiger partial charge on any atom is -0.385 e. The summed E-state index contributed by atoms with van der Waals surface area (Å²) in [6.07, 6.45) is 1.20. The van der Waals surface area contributed by atoms with Gasteiger partial charge in [0, 0.05) is 37.6 Å². The highest BCUT2D eigenvalue weighted by molar-refractivity contribution is 5.90. The Morgan fingerprint density at radius 3 is 2.35 bits per heavy atom. The van der Waals surface area contributed by atoms with Crippen molar-refractivity contribution in [2.75, 3.05) is 24.4 Å². The third kappa shape index (κ3) is 5.75. The van der Waals surface area contributed by atoms with Crippen molar-refractivity contribution in [2.45, 2.75) is 25.8 Å². The summed E-state index contributed by atoms with van der Waals surface area (Å²) in [6.45, 7) is 2.73. The number of anilines is 2. The smallest absolute Gasteiger partial charge is 0.224 e. The molecule has 0 aliphatic carbocycles. The largest absolute Gasteiger partial charge is 0.385 e. The Morgan fingerprint density at radius 1 is 1.04 bits per heavy atom. The Bertz CT molecular complexity index is 597. The summed E-state index contributed by atoms with van der Waals surface area (Å²) in [7, 11) is 1.64. The summed E-state index contributed by atoms with van der Waals surface area (Å²) in [6, 6.07) is 18.3. The van der Waals surface area contributed by atoms with Crippen LogP contribution in [0, 0.1) is 0 Å². The monoisotopic (exact) mass is 312 g/mol. The van der Waals surface area contributed by atoms with Gasteiger partial charge in [0.1, 0.15) is 0 Å². The van der Waals surface area contributed by atoms with Crippen LogP contribution in [0.25, 0.3) is 0 Å². The second-order valence-electron chi connectivity index (χ2n) is 5.50. The quantitative estimate of drug-likeness (QED) is 0.717. The molecule has 0 aliphatic heterocycles. The van der Waals surface area contributed by atoms with Gasteiger partial charge in [-0.3, -0.25) is 4.79 Å². The van der Waals surface area contributed by atoms with Crippen LogP contribution in [0.5, 0.6) is 0 Å². The third-order valence-corrected chi connectivity index (χ3v) is 3.60. The van der Waals surface area contributed by atoms with Crippen molar-refractivity contribution in [3.63, 3.8) is 0 Å². The van der Waals surface area contributed by atoms with Gasteiger partial charge in [-0.2, -0.15) is 0 Å². The predicted octanol–water partition coefficient (Wildman–Crippen LogP) is 4.22. The molecule has 23 heavy (non-hydrogen) atoms. The average molecular weight is 312 g/mol. The number of nitrogens with one attached hydrogen (secondary N) is 2. The number of hydrogen-bond donors (Lipinski definition) is 2. The third-order valence-electron chi connectivity index (χ3n) is 3.60. The second kappa shape index (κ2) is 8.96. The topological polar surface area (TPSA) is 50.4 Å². The molecule has 0 fully saturated rings. The molecule has 0 saturated carbocycles. The highest BCUT2D eigenvalue weighted by Gasteiger charge is 2.05. The maximum atomic E-state index is 11.8. The van der Waals surface area contributed by atoms with Gasteiger partial charge in [0.05, 0.1) is 0 Å². The number of hydrogen-bond acceptors (Lipinski definition) is 3. The average Bonchev–Trinajstić information content (AvgIpc) is 2.57. The molecule has 0 aliphatic rings. The molecule has 1 atom stereocenters. The summed E-state index contributed by atoms with van der Waals surface area (Å²) in [5.74, 6) is 0.0143. The fraction of sp³-hybridized carbons (Fsp3) is 0.316. The Morgan fingerprint density at radius 2 is 1.70 bits per heavy atom. The molecule has 0 bridgehead atoms. The van der Waals surface area contributed by atoms with Crippen molar-refractivity contribution in [2.24, 2.45) is 0 Å². The van der Waals surface area contributed by atoms with Crippen LogP contribution in [0.3, 0.4) is 0 Å². The lowest BCUT2D eigenvalue weighted by Gasteiger charge is -2.16. The highest BCUT2D eigenvalue weighted by atomic mass is 16.5. The van der Waals surface area contributed by atoms with Gasteiger partial charge in [0.25, 0.3) is 0 Å². The zero-order valence-corrected chi connectivity index (χ0v) is 13.7. The maximum absolute atomic E-state index is 11.8. The SMILES string of the molecule is COCCCC(=O)Nc1ccc(N[C@@H](C)c2ccccc2)cc1. The molecular weight excluding hydrogens is 288 g/mol. The van der Waals surface area contributed by atoms with E-state index in [9.17, 15) is 4.79 Å². The van der Waals surface area contributed by atoms with Gasteiger partial charge in [-0.25, -0.2) is 0 Å². The number of ether oxygens (including phenoxy) is 1. The standard InChI is InChI=1S/C19H24N2O2/c1-15(16-7-4-3-5-8-16)20-17-10-12-18(13-11-17)21-19(22)9-6-14-23-2/h3-5,7-8,10-13,15,20H,6,9,14H2,1-2H3,(H,21,22)/t15-/m0/s1. The molecule has 2 rings (SSSR count). The van der Waals surface area contributed by atoms with Crippen molar-refractivity contribution in [3.8, 4) is 0 Å². The first-order valence-electron chi connectivity index (χ1n) is 7.89. The van der Waals surface area contributed by atoms with Crippen LogP contribution >= 0.6 is 0 Å². The minimum absolute atomic E-state index is 0.0143. The number of rotatable bonds is 8. The first-order valence-corrected chi connectivity index (χ1v) is 7.89. The number of amides is 1. The zero-order valence-electron chi connectivity index (χ0n) is 13.7. The summed E-state index contributed by atoms with van der Waals surface area (Å²) in [5, 5.41) is 6.34. The van der Waals surface area contributed by atoms with E-state index in [1.165, 1.54) is 5.56 Å². The van der Waals surface area contributed by atoms with E-state index in [2.05, 4.69) is 29.7 Å². The van der Waals surface area contributed by atoms with Gasteiger partial charge in [-0.05, 0) is 43.2 Å². The molecule has 0 spiro atoms. The van der Waals surface area contributed by atoms with E-state index >= 15 is 0 Å². The van der Waals surface area contributed by atoms with E-state index in [-0.39, 0.29) is 11.9 Å². The van der Waals surface area contributed by atoms with Crippen LogP contribution in [0.1, 0.15) is 31.4 Å². The Kier molecular flexibility index (Phi) is 6.63. The molecule has 0 aromatic heterocycles. The molecule has 1 amide bonds. The molecule has 122 valence electrons. The molecular formula is C19H24N2O2. The van der Waals surface area contributed by atoms with E-state index < -0.39 is 0 Å². The van der Waals surface area contributed by atoms with Crippen LogP contribution in [0.4, 0.5) is 11.4 Å². The number of methoxy groups -OCH3 is 1. The van der Waals surface area contributed by atoms with E-state index in [1.54, 1.807) is 7.11 Å². The second-order valence-corrected chi connectivity index (χ2v) is 5.50. The van der Waals surface area contributed by atoms with E-state index in [0.29, 0.717) is 13.0 Å². The van der Waals surface area contributed by atoms with Gasteiger partial charge in [-0.1, -0.05) is 30.3 Å². The van der Waals surface area contributed by atoms with Crippen LogP contribution < -0.4 is 10.6 Å². The van der Waals surface area contributed by atoms with Gasteiger partial charge in [0.15, 0.2) is 0 Å². The summed E-state index contributed by atoms with van der Waals surface area (Å²) >= 11 is 0. The molecule has 2 aromatic rings. The lowest BCUT2D eigenvalue weighted by atomic mass is 10.1. The van der Waals surface area contributed by atoms with Gasteiger partial charge < -0.3 is 15.4 Å². The lowest BCUT2D eigenvalue weighted by molar-refractivity contribution is -0.116. The lowest BCUT2D eigenvalue weighted by Crippen LogP contribution is -2.12. The molecule has 4 heteroatoms. The van der Waals surface area contributed by atoms with Crippen LogP contribution in [-0.2, 0) is 9.53 Å². The molecule has 2 N–H and O–H groups in total. The number of carbonyl (C=O) groups is 1. The Balaban J connectivity index is 1.86. The Labute approximate surface area is 137 Å². The van der Waals surface area contributed by atoms with Crippen molar-refractivity contribution in [1.82, 2.24) is 0 Å². The van der Waals surface area contributed by atoms with Gasteiger partial charge >= 0.3 is 0 Å². The number of benzene rings is 2. The van der Waals surface area contributed by atoms with Crippen molar-refractivity contribution >= 4 is 17.3 Å². The first-order chi connectivity index (χ1) is 11.2. The van der Waals surface area contributed by atoms with Gasteiger partial charge in [0.2, 0.25) is 5.91 Å². The van der Waals surface area contributed by atoms with Crippen molar-refractivity contribution in [1.29, 1.82) is 0 Å². The predicted molar refractivity (Wildman–Crippen MR) is 94.7 cm³/mol. The molecule has 4 nitrogen and oxygen atoms in total. The fourth-order valence-corrected chi connectivity index (χ4v) is 2.33. The highest BCUT2D eigenvalue weighted by Crippen LogP contribution is 2.20. The van der Waals surface area contributed by atoms with Crippen LogP contribution in [0.15, 0.2) is 54.6 Å². The van der Waals surface area contributed by atoms with Crippen LogP contribution in [-0.4, -0.2) is 19.6 Å². The normalized spacial score (nSPS) is 11.7. The van der Waals surface area contributed by atoms with Gasteiger partial charge in [-0.15, -0.1) is 0 Å². The first kappa shape index (κ1) is 17.0. The molecule has 2 aromatic carbocycles. The minimum atomic E-state index is 0.0143. The van der Waals surface area contributed by atoms with E-state index in [0.717, 1.165) is 17.8 Å². The summed E-state index contributed by atoms with van der Waals surface area (Å²) in [4.78, 5) is 11.8. The zero-order chi connectivity index (χ0) is 16.5. The Hall–Kier alpha value is -2.33. The van der Waals surface area contributed by atoms with E-state index in [1.807, 2.05) is 42.5 Å². The number of carbonyl (C=O) groups excluding carboxylic acids is 1. The molecule has 0 radical (unpaired) electrons. The van der Waals surface area contributed by atoms with Crippen LogP contribution in [0.2, 0.25) is 0 Å². The van der Waals surface area contributed by atoms with Crippen molar-refractivity contribution < 1.29 is 9.53 Å². The van der Waals surface area contributed by atoms with E-state index in [4.69, 9.17) is 4.74 Å². The molecule has 0 unspecified atom stereocenters. The fourth-order valence-electron chi connectivity index (χ4n) is 2.33. The maximum Gasteiger partial charge on any atom is 0.224 e. The molecule has 0 heterocycles. The summed E-state index contributed by atoms with van der Waals surface area (Å²) in [5.41, 5.74) is 3.08. The van der Waals surface area contributed by atoms with Crippen molar-refractivity contribution in [3.05, 3.63) is 60.2 Å². The summed E-state index contributed by atoms with van der Waals surface area (Å²) < 4.78 is 4.94. The molecule has 0 saturated heterocycles.